The van der Waals surface area contributed by atoms with E-state index in [9.17, 15) is 24.3 Å². The lowest BCUT2D eigenvalue weighted by Gasteiger charge is -2.24. The van der Waals surface area contributed by atoms with Crippen molar-refractivity contribution < 1.29 is 48.0 Å². The van der Waals surface area contributed by atoms with E-state index < -0.39 is 36.0 Å². The lowest BCUT2D eigenvalue weighted by atomic mass is 10.1. The number of carboxylic acids is 1. The average molecular weight is 523 g/mol. The number of hydrogen-bond donors (Lipinski definition) is 2. The molecule has 0 heterocycles. The van der Waals surface area contributed by atoms with Crippen LogP contribution in [0, 0.1) is 0 Å². The highest BCUT2D eigenvalue weighted by molar-refractivity contribution is 6.02. The first kappa shape index (κ1) is 27.5. The van der Waals surface area contributed by atoms with Crippen molar-refractivity contribution in [2.75, 3.05) is 26.6 Å². The van der Waals surface area contributed by atoms with Gasteiger partial charge < -0.3 is 34.1 Å². The van der Waals surface area contributed by atoms with E-state index in [1.807, 2.05) is 0 Å². The molecule has 3 aromatic rings. The fraction of sp³-hybridized carbons (Fsp3) is 0.185. The molecule has 11 nitrogen and oxygen atoms in total. The summed E-state index contributed by atoms with van der Waals surface area (Å²) >= 11 is 0. The van der Waals surface area contributed by atoms with Crippen LogP contribution in [-0.4, -0.2) is 62.5 Å². The summed E-state index contributed by atoms with van der Waals surface area (Å²) in [6, 6.07) is 17.9. The van der Waals surface area contributed by atoms with Crippen LogP contribution in [0.1, 0.15) is 20.7 Å². The second kappa shape index (κ2) is 12.8. The first-order valence-electron chi connectivity index (χ1n) is 11.1. The molecule has 0 aliphatic carbocycles. The van der Waals surface area contributed by atoms with Crippen LogP contribution >= 0.6 is 0 Å². The van der Waals surface area contributed by atoms with Crippen LogP contribution in [-0.2, 0) is 19.1 Å². The molecular weight excluding hydrogens is 498 g/mol. The van der Waals surface area contributed by atoms with Crippen LogP contribution in [0.3, 0.4) is 0 Å². The Kier molecular flexibility index (Phi) is 9.25. The second-order valence-electron chi connectivity index (χ2n) is 7.64. The number of hydrogen-bond acceptors (Lipinski definition) is 9. The number of carbonyl (C=O) groups is 4. The molecule has 0 saturated heterocycles. The van der Waals surface area contributed by atoms with Crippen LogP contribution in [0.4, 0.5) is 5.69 Å². The molecule has 2 atom stereocenters. The summed E-state index contributed by atoms with van der Waals surface area (Å²) in [5.74, 6) is -4.01. The van der Waals surface area contributed by atoms with Crippen LogP contribution in [0.5, 0.6) is 17.2 Å². The molecule has 0 aromatic heterocycles. The van der Waals surface area contributed by atoms with Gasteiger partial charge in [0.15, 0.2) is 0 Å². The summed E-state index contributed by atoms with van der Waals surface area (Å²) in [5.41, 5.74) is 0.104. The lowest BCUT2D eigenvalue weighted by Crippen LogP contribution is -2.48. The number of carbonyl (C=O) groups excluding carboxylic acids is 3. The zero-order valence-electron chi connectivity index (χ0n) is 20.7. The minimum absolute atomic E-state index is 0.0253. The van der Waals surface area contributed by atoms with Crippen molar-refractivity contribution in [3.63, 3.8) is 0 Å². The Bertz CT molecular complexity index is 1320. The number of para-hydroxylation sites is 2. The first-order chi connectivity index (χ1) is 18.3. The molecule has 0 spiro atoms. The normalized spacial score (nSPS) is 11.9. The van der Waals surface area contributed by atoms with Crippen LogP contribution < -0.4 is 19.5 Å². The number of methoxy groups -OCH3 is 3. The Balaban J connectivity index is 1.95. The number of carboxylic acid groups (broad SMARTS) is 1. The van der Waals surface area contributed by atoms with E-state index >= 15 is 0 Å². The van der Waals surface area contributed by atoms with Gasteiger partial charge in [-0.1, -0.05) is 24.3 Å². The van der Waals surface area contributed by atoms with Gasteiger partial charge >= 0.3 is 17.9 Å². The molecule has 38 heavy (non-hydrogen) atoms. The van der Waals surface area contributed by atoms with E-state index in [-0.39, 0.29) is 22.6 Å². The summed E-state index contributed by atoms with van der Waals surface area (Å²) in [5, 5.41) is 12.4. The van der Waals surface area contributed by atoms with E-state index in [1.54, 1.807) is 30.3 Å². The number of esters is 2. The minimum Gasteiger partial charge on any atom is -0.497 e. The molecule has 3 aromatic carbocycles. The summed E-state index contributed by atoms with van der Waals surface area (Å²) in [7, 11) is 4.16. The summed E-state index contributed by atoms with van der Waals surface area (Å²) in [4.78, 5) is 51.2. The van der Waals surface area contributed by atoms with E-state index in [4.69, 9.17) is 23.7 Å². The van der Waals surface area contributed by atoms with Gasteiger partial charge in [-0.25, -0.2) is 14.4 Å². The molecule has 0 saturated carbocycles. The van der Waals surface area contributed by atoms with Crippen molar-refractivity contribution in [3.05, 3.63) is 83.9 Å². The monoisotopic (exact) mass is 523 g/mol. The molecule has 0 radical (unpaired) electrons. The molecular formula is C27H25NO10. The third-order valence-corrected chi connectivity index (χ3v) is 5.22. The van der Waals surface area contributed by atoms with Gasteiger partial charge in [-0.3, -0.25) is 4.79 Å². The van der Waals surface area contributed by atoms with E-state index in [2.05, 4.69) is 5.32 Å². The number of anilines is 1. The Morgan fingerprint density at radius 2 is 1.21 bits per heavy atom. The summed E-state index contributed by atoms with van der Waals surface area (Å²) in [6.07, 6.45) is -4.30. The maximum Gasteiger partial charge on any atom is 0.349 e. The largest absolute Gasteiger partial charge is 0.497 e. The number of amides is 1. The topological polar surface area (TPSA) is 147 Å². The SMILES string of the molecule is COc1cccc(C(=O)O[C@H](C(=O)O)[C@H](OC(=O)c2cccc(OC)c2)C(=O)Nc2ccccc2OC)c1. The van der Waals surface area contributed by atoms with E-state index in [0.29, 0.717) is 11.5 Å². The molecule has 0 bridgehead atoms. The minimum atomic E-state index is -2.21. The number of aliphatic carboxylic acids is 1. The van der Waals surface area contributed by atoms with Gasteiger partial charge in [0.05, 0.1) is 38.1 Å². The fourth-order valence-corrected chi connectivity index (χ4v) is 3.31. The predicted molar refractivity (Wildman–Crippen MR) is 134 cm³/mol. The zero-order valence-corrected chi connectivity index (χ0v) is 20.7. The van der Waals surface area contributed by atoms with Crippen LogP contribution in [0.15, 0.2) is 72.8 Å². The smallest absolute Gasteiger partial charge is 0.349 e. The van der Waals surface area contributed by atoms with E-state index in [1.165, 1.54) is 63.8 Å². The molecule has 198 valence electrons. The fourth-order valence-electron chi connectivity index (χ4n) is 3.31. The average Bonchev–Trinajstić information content (AvgIpc) is 2.94. The quantitative estimate of drug-likeness (QED) is 0.359. The van der Waals surface area contributed by atoms with Crippen molar-refractivity contribution in [2.24, 2.45) is 0 Å². The van der Waals surface area contributed by atoms with Gasteiger partial charge in [0.1, 0.15) is 17.2 Å². The summed E-state index contributed by atoms with van der Waals surface area (Å²) in [6.45, 7) is 0. The maximum absolute atomic E-state index is 13.3. The van der Waals surface area contributed by atoms with Crippen molar-refractivity contribution in [2.45, 2.75) is 12.2 Å². The van der Waals surface area contributed by atoms with Crippen molar-refractivity contribution in [1.29, 1.82) is 0 Å². The molecule has 1 amide bonds. The molecule has 0 aliphatic heterocycles. The standard InChI is InChI=1S/C27H25NO10/c1-34-18-10-6-8-16(14-18)26(32)37-22(24(29)28-20-12-4-5-13-21(20)36-3)23(25(30)31)38-27(33)17-9-7-11-19(15-17)35-2/h4-15,22-23H,1-3H3,(H,28,29)(H,30,31)/t22-,23-/m0/s1. The zero-order chi connectivity index (χ0) is 27.7. The highest BCUT2D eigenvalue weighted by Gasteiger charge is 2.41. The third kappa shape index (κ3) is 6.78. The molecule has 2 N–H and O–H groups in total. The number of benzene rings is 3. The lowest BCUT2D eigenvalue weighted by molar-refractivity contribution is -0.157. The van der Waals surface area contributed by atoms with Gasteiger partial charge in [0.25, 0.3) is 5.91 Å². The number of nitrogens with one attached hydrogen (secondary N) is 1. The molecule has 11 heteroatoms. The van der Waals surface area contributed by atoms with Gasteiger partial charge in [0.2, 0.25) is 12.2 Å². The molecule has 0 fully saturated rings. The second-order valence-corrected chi connectivity index (χ2v) is 7.64. The van der Waals surface area contributed by atoms with Gasteiger partial charge in [-0.05, 0) is 48.5 Å². The van der Waals surface area contributed by atoms with Crippen LogP contribution in [0.25, 0.3) is 0 Å². The number of ether oxygens (including phenoxy) is 5. The van der Waals surface area contributed by atoms with Crippen molar-refractivity contribution >= 4 is 29.5 Å². The summed E-state index contributed by atoms with van der Waals surface area (Å²) < 4.78 is 25.9. The van der Waals surface area contributed by atoms with Crippen molar-refractivity contribution in [3.8, 4) is 17.2 Å². The Hall–Kier alpha value is -5.06. The molecule has 0 aliphatic rings. The highest BCUT2D eigenvalue weighted by Crippen LogP contribution is 2.25. The Morgan fingerprint density at radius 3 is 1.71 bits per heavy atom. The molecule has 0 unspecified atom stereocenters. The highest BCUT2D eigenvalue weighted by atomic mass is 16.6. The van der Waals surface area contributed by atoms with Crippen LogP contribution in [0.2, 0.25) is 0 Å². The maximum atomic E-state index is 13.3. The molecule has 3 rings (SSSR count). The third-order valence-electron chi connectivity index (χ3n) is 5.22. The van der Waals surface area contributed by atoms with Gasteiger partial charge in [-0.2, -0.15) is 0 Å². The first-order valence-corrected chi connectivity index (χ1v) is 11.1. The Labute approximate surface area is 217 Å². The van der Waals surface area contributed by atoms with Gasteiger partial charge in [0, 0.05) is 0 Å². The predicted octanol–water partition coefficient (Wildman–Crippen LogP) is 3.19. The van der Waals surface area contributed by atoms with E-state index in [0.717, 1.165) is 0 Å². The van der Waals surface area contributed by atoms with Gasteiger partial charge in [-0.15, -0.1) is 0 Å². The van der Waals surface area contributed by atoms with Crippen molar-refractivity contribution in [1.82, 2.24) is 0 Å². The Morgan fingerprint density at radius 1 is 0.684 bits per heavy atom. The number of rotatable bonds is 11.